The van der Waals surface area contributed by atoms with Crippen molar-refractivity contribution in [3.63, 3.8) is 0 Å². The minimum absolute atomic E-state index is 0.523. The van der Waals surface area contributed by atoms with E-state index in [1.165, 1.54) is 7.11 Å². The van der Waals surface area contributed by atoms with E-state index in [4.69, 9.17) is 21.4 Å². The van der Waals surface area contributed by atoms with Gasteiger partial charge in [-0.1, -0.05) is 11.6 Å². The van der Waals surface area contributed by atoms with Gasteiger partial charge in [-0.15, -0.1) is 0 Å². The Balaban J connectivity index is 3.14. The van der Waals surface area contributed by atoms with Gasteiger partial charge in [0.1, 0.15) is 11.3 Å². The quantitative estimate of drug-likeness (QED) is 0.871. The van der Waals surface area contributed by atoms with Crippen LogP contribution < -0.4 is 10.1 Å². The lowest BCUT2D eigenvalue weighted by Crippen LogP contribution is -2.40. The molecule has 2 N–H and O–H groups in total. The van der Waals surface area contributed by atoms with Crippen molar-refractivity contribution < 1.29 is 14.6 Å². The highest BCUT2D eigenvalue weighted by atomic mass is 35.5. The van der Waals surface area contributed by atoms with Gasteiger partial charge in [-0.25, -0.2) is 4.79 Å². The third kappa shape index (κ3) is 3.03. The SMILES string of the molecule is COc1cc(Cl)c(C)cc1NC(C)(C)C(=O)O. The molecular formula is C12H16ClNO3. The zero-order valence-corrected chi connectivity index (χ0v) is 11.1. The lowest BCUT2D eigenvalue weighted by molar-refractivity contribution is -0.141. The van der Waals surface area contributed by atoms with Crippen LogP contribution in [-0.4, -0.2) is 23.7 Å². The average molecular weight is 258 g/mol. The van der Waals surface area contributed by atoms with Crippen molar-refractivity contribution in [1.82, 2.24) is 0 Å². The number of carboxylic acids is 1. The molecule has 0 aromatic heterocycles. The zero-order chi connectivity index (χ0) is 13.2. The molecule has 5 heteroatoms. The van der Waals surface area contributed by atoms with Gasteiger partial charge in [0.25, 0.3) is 0 Å². The summed E-state index contributed by atoms with van der Waals surface area (Å²) >= 11 is 5.97. The van der Waals surface area contributed by atoms with E-state index in [2.05, 4.69) is 5.32 Å². The Bertz CT molecular complexity index is 444. The van der Waals surface area contributed by atoms with Crippen LogP contribution in [0.25, 0.3) is 0 Å². The van der Waals surface area contributed by atoms with E-state index < -0.39 is 11.5 Å². The second-order valence-corrected chi connectivity index (χ2v) is 4.76. The highest BCUT2D eigenvalue weighted by Gasteiger charge is 2.27. The van der Waals surface area contributed by atoms with Crippen LogP contribution in [0.15, 0.2) is 12.1 Å². The largest absolute Gasteiger partial charge is 0.495 e. The zero-order valence-electron chi connectivity index (χ0n) is 10.3. The van der Waals surface area contributed by atoms with E-state index in [9.17, 15) is 4.79 Å². The summed E-state index contributed by atoms with van der Waals surface area (Å²) in [6, 6.07) is 3.43. The Labute approximate surface area is 106 Å². The van der Waals surface area contributed by atoms with Crippen molar-refractivity contribution in [3.8, 4) is 5.75 Å². The smallest absolute Gasteiger partial charge is 0.328 e. The van der Waals surface area contributed by atoms with Gasteiger partial charge < -0.3 is 15.2 Å². The van der Waals surface area contributed by atoms with E-state index in [0.717, 1.165) is 5.56 Å². The first-order chi connectivity index (χ1) is 7.77. The van der Waals surface area contributed by atoms with Crippen molar-refractivity contribution in [2.45, 2.75) is 26.3 Å². The molecule has 0 unspecified atom stereocenters. The minimum Gasteiger partial charge on any atom is -0.495 e. The molecule has 1 aromatic carbocycles. The summed E-state index contributed by atoms with van der Waals surface area (Å²) in [7, 11) is 1.51. The predicted octanol–water partition coefficient (Wildman–Crippen LogP) is 2.93. The molecular weight excluding hydrogens is 242 g/mol. The number of halogens is 1. The van der Waals surface area contributed by atoms with Crippen LogP contribution in [0.1, 0.15) is 19.4 Å². The molecule has 0 saturated carbocycles. The Morgan fingerprint density at radius 3 is 2.53 bits per heavy atom. The molecule has 0 fully saturated rings. The number of ether oxygens (including phenoxy) is 1. The van der Waals surface area contributed by atoms with Gasteiger partial charge >= 0.3 is 5.97 Å². The van der Waals surface area contributed by atoms with Gasteiger partial charge in [0.15, 0.2) is 0 Å². The fraction of sp³-hybridized carbons (Fsp3) is 0.417. The summed E-state index contributed by atoms with van der Waals surface area (Å²) in [4.78, 5) is 11.0. The lowest BCUT2D eigenvalue weighted by Gasteiger charge is -2.24. The number of aliphatic carboxylic acids is 1. The van der Waals surface area contributed by atoms with Crippen LogP contribution in [0.5, 0.6) is 5.75 Å². The fourth-order valence-electron chi connectivity index (χ4n) is 1.32. The van der Waals surface area contributed by atoms with Gasteiger partial charge in [0.05, 0.1) is 12.8 Å². The standard InChI is InChI=1S/C12H16ClNO3/c1-7-5-9(10(17-4)6-8(7)13)14-12(2,3)11(15)16/h5-6,14H,1-4H3,(H,15,16). The molecule has 1 aromatic rings. The third-order valence-electron chi connectivity index (χ3n) is 2.46. The number of methoxy groups -OCH3 is 1. The van der Waals surface area contributed by atoms with Crippen LogP contribution in [0, 0.1) is 6.92 Å². The molecule has 1 rings (SSSR count). The number of carboxylic acid groups (broad SMARTS) is 1. The Kier molecular flexibility index (Phi) is 3.88. The number of nitrogens with one attached hydrogen (secondary N) is 1. The molecule has 0 aliphatic rings. The van der Waals surface area contributed by atoms with Crippen LogP contribution in [0.4, 0.5) is 5.69 Å². The second kappa shape index (κ2) is 4.84. The van der Waals surface area contributed by atoms with Gasteiger partial charge in [-0.05, 0) is 32.4 Å². The molecule has 17 heavy (non-hydrogen) atoms. The van der Waals surface area contributed by atoms with Crippen molar-refractivity contribution in [1.29, 1.82) is 0 Å². The number of anilines is 1. The van der Waals surface area contributed by atoms with Crippen LogP contribution in [0.3, 0.4) is 0 Å². The first-order valence-corrected chi connectivity index (χ1v) is 5.51. The summed E-state index contributed by atoms with van der Waals surface area (Å²) in [6.07, 6.45) is 0. The number of carbonyl (C=O) groups is 1. The number of hydrogen-bond acceptors (Lipinski definition) is 3. The molecule has 94 valence electrons. The molecule has 4 nitrogen and oxygen atoms in total. The Hall–Kier alpha value is -1.42. The number of benzene rings is 1. The number of hydrogen-bond donors (Lipinski definition) is 2. The monoisotopic (exact) mass is 257 g/mol. The van der Waals surface area contributed by atoms with Crippen LogP contribution in [-0.2, 0) is 4.79 Å². The molecule has 0 radical (unpaired) electrons. The first-order valence-electron chi connectivity index (χ1n) is 5.13. The molecule has 0 amide bonds. The predicted molar refractivity (Wildman–Crippen MR) is 68.1 cm³/mol. The Morgan fingerprint density at radius 1 is 1.47 bits per heavy atom. The van der Waals surface area contributed by atoms with Crippen molar-refractivity contribution in [2.75, 3.05) is 12.4 Å². The molecule has 0 spiro atoms. The normalized spacial score (nSPS) is 11.1. The first kappa shape index (κ1) is 13.6. The van der Waals surface area contributed by atoms with Crippen LogP contribution in [0.2, 0.25) is 5.02 Å². The van der Waals surface area contributed by atoms with Gasteiger partial charge in [0.2, 0.25) is 0 Å². The molecule has 0 bridgehead atoms. The Morgan fingerprint density at radius 2 is 2.06 bits per heavy atom. The van der Waals surface area contributed by atoms with E-state index in [1.54, 1.807) is 26.0 Å². The van der Waals surface area contributed by atoms with Crippen molar-refractivity contribution in [3.05, 3.63) is 22.7 Å². The topological polar surface area (TPSA) is 58.6 Å². The van der Waals surface area contributed by atoms with Crippen molar-refractivity contribution in [2.24, 2.45) is 0 Å². The van der Waals surface area contributed by atoms with Gasteiger partial charge in [-0.2, -0.15) is 0 Å². The van der Waals surface area contributed by atoms with Crippen molar-refractivity contribution >= 4 is 23.3 Å². The highest BCUT2D eigenvalue weighted by Crippen LogP contribution is 2.32. The average Bonchev–Trinajstić information content (AvgIpc) is 2.22. The second-order valence-electron chi connectivity index (χ2n) is 4.36. The maximum atomic E-state index is 11.0. The van der Waals surface area contributed by atoms with Gasteiger partial charge in [0, 0.05) is 11.1 Å². The number of aryl methyl sites for hydroxylation is 1. The number of rotatable bonds is 4. The summed E-state index contributed by atoms with van der Waals surface area (Å²) in [6.45, 7) is 5.01. The molecule has 0 aliphatic carbocycles. The van der Waals surface area contributed by atoms with E-state index in [0.29, 0.717) is 16.5 Å². The third-order valence-corrected chi connectivity index (χ3v) is 2.87. The summed E-state index contributed by atoms with van der Waals surface area (Å²) in [5.74, 6) is -0.415. The lowest BCUT2D eigenvalue weighted by atomic mass is 10.0. The highest BCUT2D eigenvalue weighted by molar-refractivity contribution is 6.31. The summed E-state index contributed by atoms with van der Waals surface area (Å²) in [5.41, 5.74) is 0.394. The minimum atomic E-state index is -1.08. The fourth-order valence-corrected chi connectivity index (χ4v) is 1.47. The summed E-state index contributed by atoms with van der Waals surface area (Å²) < 4.78 is 5.17. The molecule has 0 atom stereocenters. The van der Waals surface area contributed by atoms with Crippen LogP contribution >= 0.6 is 11.6 Å². The maximum absolute atomic E-state index is 11.0. The molecule has 0 saturated heterocycles. The molecule has 0 aliphatic heterocycles. The van der Waals surface area contributed by atoms with E-state index in [-0.39, 0.29) is 0 Å². The van der Waals surface area contributed by atoms with E-state index in [1.807, 2.05) is 6.92 Å². The molecule has 0 heterocycles. The van der Waals surface area contributed by atoms with E-state index >= 15 is 0 Å². The maximum Gasteiger partial charge on any atom is 0.328 e. The summed E-state index contributed by atoms with van der Waals surface area (Å²) in [5, 5.41) is 12.6. The van der Waals surface area contributed by atoms with Gasteiger partial charge in [-0.3, -0.25) is 0 Å².